The van der Waals surface area contributed by atoms with E-state index in [0.29, 0.717) is 13.2 Å². The zero-order chi connectivity index (χ0) is 17.6. The Morgan fingerprint density at radius 2 is 2.00 bits per heavy atom. The first-order valence-electron chi connectivity index (χ1n) is 8.94. The van der Waals surface area contributed by atoms with Gasteiger partial charge < -0.3 is 10.1 Å². The van der Waals surface area contributed by atoms with Crippen molar-refractivity contribution in [1.29, 1.82) is 0 Å². The number of nitrogens with zero attached hydrogens (tertiary/aromatic N) is 1. The minimum Gasteiger partial charge on any atom is -0.371 e. The van der Waals surface area contributed by atoms with E-state index in [4.69, 9.17) is 4.74 Å². The molecular weight excluding hydrogens is 312 g/mol. The number of benzene rings is 2. The van der Waals surface area contributed by atoms with E-state index < -0.39 is 0 Å². The molecule has 132 valence electrons. The zero-order valence-corrected chi connectivity index (χ0v) is 15.0. The monoisotopic (exact) mass is 338 g/mol. The fraction of sp³-hybridized carbons (Fsp3) is 0.381. The maximum Gasteiger partial charge on any atom is 0.238 e. The van der Waals surface area contributed by atoms with Gasteiger partial charge in [0.05, 0.1) is 19.3 Å². The molecule has 1 amide bonds. The summed E-state index contributed by atoms with van der Waals surface area (Å²) in [7, 11) is 0. The second kappa shape index (κ2) is 8.28. The molecule has 1 fully saturated rings. The smallest absolute Gasteiger partial charge is 0.238 e. The summed E-state index contributed by atoms with van der Waals surface area (Å²) < 4.78 is 5.88. The Balaban J connectivity index is 1.61. The SMILES string of the molecule is CCc1cccc(C)c1NC(=O)CN1CCOC(c2ccccc2)C1. The third-order valence-corrected chi connectivity index (χ3v) is 4.69. The molecule has 2 aromatic carbocycles. The van der Waals surface area contributed by atoms with Crippen LogP contribution in [0, 0.1) is 6.92 Å². The number of rotatable bonds is 5. The van der Waals surface area contributed by atoms with Crippen LogP contribution in [0.15, 0.2) is 48.5 Å². The van der Waals surface area contributed by atoms with Crippen LogP contribution in [0.5, 0.6) is 0 Å². The van der Waals surface area contributed by atoms with E-state index in [2.05, 4.69) is 35.3 Å². The molecule has 25 heavy (non-hydrogen) atoms. The highest BCUT2D eigenvalue weighted by molar-refractivity contribution is 5.93. The molecule has 0 radical (unpaired) electrons. The Bertz CT molecular complexity index is 715. The normalized spacial score (nSPS) is 18.1. The molecule has 1 atom stereocenters. The van der Waals surface area contributed by atoms with Gasteiger partial charge in [-0.15, -0.1) is 0 Å². The number of ether oxygens (including phenoxy) is 1. The number of amides is 1. The minimum atomic E-state index is 0.0346. The Kier molecular flexibility index (Phi) is 5.84. The van der Waals surface area contributed by atoms with Crippen molar-refractivity contribution in [3.8, 4) is 0 Å². The lowest BCUT2D eigenvalue weighted by Crippen LogP contribution is -2.42. The summed E-state index contributed by atoms with van der Waals surface area (Å²) in [5.41, 5.74) is 4.41. The second-order valence-corrected chi connectivity index (χ2v) is 6.52. The van der Waals surface area contributed by atoms with Gasteiger partial charge in [-0.25, -0.2) is 0 Å². The number of para-hydroxylation sites is 1. The van der Waals surface area contributed by atoms with Gasteiger partial charge in [0, 0.05) is 18.8 Å². The topological polar surface area (TPSA) is 41.6 Å². The average molecular weight is 338 g/mol. The molecule has 4 nitrogen and oxygen atoms in total. The highest BCUT2D eigenvalue weighted by Crippen LogP contribution is 2.23. The van der Waals surface area contributed by atoms with Gasteiger partial charge in [0.25, 0.3) is 0 Å². The van der Waals surface area contributed by atoms with Crippen LogP contribution in [0.1, 0.15) is 29.7 Å². The van der Waals surface area contributed by atoms with Crippen molar-refractivity contribution in [2.75, 3.05) is 31.6 Å². The molecule has 2 aromatic rings. The fourth-order valence-electron chi connectivity index (χ4n) is 3.30. The third kappa shape index (κ3) is 4.47. The lowest BCUT2D eigenvalue weighted by atomic mass is 10.1. The number of carbonyl (C=O) groups excluding carboxylic acids is 1. The number of hydrogen-bond acceptors (Lipinski definition) is 3. The molecule has 1 N–H and O–H groups in total. The highest BCUT2D eigenvalue weighted by Gasteiger charge is 2.23. The lowest BCUT2D eigenvalue weighted by Gasteiger charge is -2.32. The number of hydrogen-bond donors (Lipinski definition) is 1. The summed E-state index contributed by atoms with van der Waals surface area (Å²) in [6.45, 7) is 6.71. The van der Waals surface area contributed by atoms with Crippen molar-refractivity contribution in [3.05, 3.63) is 65.2 Å². The van der Waals surface area contributed by atoms with E-state index in [1.807, 2.05) is 37.3 Å². The molecule has 1 aliphatic heterocycles. The van der Waals surface area contributed by atoms with Crippen molar-refractivity contribution < 1.29 is 9.53 Å². The summed E-state index contributed by atoms with van der Waals surface area (Å²) in [5, 5.41) is 3.11. The molecule has 3 rings (SSSR count). The molecule has 4 heteroatoms. The average Bonchev–Trinajstić information content (AvgIpc) is 2.64. The van der Waals surface area contributed by atoms with E-state index in [1.165, 1.54) is 11.1 Å². The first kappa shape index (κ1) is 17.6. The van der Waals surface area contributed by atoms with Crippen molar-refractivity contribution in [3.63, 3.8) is 0 Å². The van der Waals surface area contributed by atoms with Crippen molar-refractivity contribution in [1.82, 2.24) is 4.90 Å². The Labute approximate surface area is 149 Å². The van der Waals surface area contributed by atoms with Gasteiger partial charge in [0.1, 0.15) is 0 Å². The first-order valence-corrected chi connectivity index (χ1v) is 8.94. The van der Waals surface area contributed by atoms with Crippen LogP contribution in [0.3, 0.4) is 0 Å². The number of anilines is 1. The van der Waals surface area contributed by atoms with E-state index in [9.17, 15) is 4.79 Å². The molecule has 0 saturated carbocycles. The maximum absolute atomic E-state index is 12.6. The van der Waals surface area contributed by atoms with Gasteiger partial charge in [-0.3, -0.25) is 9.69 Å². The molecule has 1 unspecified atom stereocenters. The Morgan fingerprint density at radius 3 is 2.76 bits per heavy atom. The van der Waals surface area contributed by atoms with Gasteiger partial charge >= 0.3 is 0 Å². The molecule has 1 heterocycles. The van der Waals surface area contributed by atoms with E-state index in [1.54, 1.807) is 0 Å². The van der Waals surface area contributed by atoms with Crippen LogP contribution >= 0.6 is 0 Å². The van der Waals surface area contributed by atoms with Gasteiger partial charge in [-0.1, -0.05) is 55.5 Å². The van der Waals surface area contributed by atoms with Crippen LogP contribution < -0.4 is 5.32 Å². The van der Waals surface area contributed by atoms with E-state index in [-0.39, 0.29) is 12.0 Å². The first-order chi connectivity index (χ1) is 12.2. The second-order valence-electron chi connectivity index (χ2n) is 6.52. The summed E-state index contributed by atoms with van der Waals surface area (Å²) in [6, 6.07) is 16.4. The van der Waals surface area contributed by atoms with Crippen LogP contribution in [0.25, 0.3) is 0 Å². The Morgan fingerprint density at radius 1 is 1.20 bits per heavy atom. The molecule has 0 aliphatic carbocycles. The lowest BCUT2D eigenvalue weighted by molar-refractivity contribution is -0.119. The van der Waals surface area contributed by atoms with E-state index in [0.717, 1.165) is 30.8 Å². The van der Waals surface area contributed by atoms with Crippen LogP contribution in [0.2, 0.25) is 0 Å². The van der Waals surface area contributed by atoms with Crippen LogP contribution in [-0.4, -0.2) is 37.0 Å². The van der Waals surface area contributed by atoms with Gasteiger partial charge in [0.2, 0.25) is 5.91 Å². The van der Waals surface area contributed by atoms with Crippen molar-refractivity contribution >= 4 is 11.6 Å². The van der Waals surface area contributed by atoms with Crippen molar-refractivity contribution in [2.45, 2.75) is 26.4 Å². The molecule has 1 saturated heterocycles. The summed E-state index contributed by atoms with van der Waals surface area (Å²) >= 11 is 0. The van der Waals surface area contributed by atoms with Gasteiger partial charge in [-0.05, 0) is 30.0 Å². The number of carbonyl (C=O) groups is 1. The highest BCUT2D eigenvalue weighted by atomic mass is 16.5. The quantitative estimate of drug-likeness (QED) is 0.906. The zero-order valence-electron chi connectivity index (χ0n) is 15.0. The van der Waals surface area contributed by atoms with Gasteiger partial charge in [0.15, 0.2) is 0 Å². The van der Waals surface area contributed by atoms with Crippen molar-refractivity contribution in [2.24, 2.45) is 0 Å². The summed E-state index contributed by atoms with van der Waals surface area (Å²) in [5.74, 6) is 0.0395. The number of morpholine rings is 1. The summed E-state index contributed by atoms with van der Waals surface area (Å²) in [6.07, 6.45) is 0.942. The standard InChI is InChI=1S/C21H26N2O2/c1-3-17-11-7-8-16(2)21(17)22-20(24)15-23-12-13-25-19(14-23)18-9-5-4-6-10-18/h4-11,19H,3,12-15H2,1-2H3,(H,22,24). The van der Waals surface area contributed by atoms with Crippen LogP contribution in [0.4, 0.5) is 5.69 Å². The fourth-order valence-corrected chi connectivity index (χ4v) is 3.30. The molecular formula is C21H26N2O2. The Hall–Kier alpha value is -2.17. The largest absolute Gasteiger partial charge is 0.371 e. The van der Waals surface area contributed by atoms with Gasteiger partial charge in [-0.2, -0.15) is 0 Å². The molecule has 0 spiro atoms. The number of aryl methyl sites for hydroxylation is 2. The molecule has 0 aromatic heterocycles. The molecule has 1 aliphatic rings. The summed E-state index contributed by atoms with van der Waals surface area (Å²) in [4.78, 5) is 14.7. The third-order valence-electron chi connectivity index (χ3n) is 4.69. The van der Waals surface area contributed by atoms with Crippen LogP contribution in [-0.2, 0) is 16.0 Å². The minimum absolute atomic E-state index is 0.0346. The maximum atomic E-state index is 12.6. The predicted molar refractivity (Wildman–Crippen MR) is 101 cm³/mol. The van der Waals surface area contributed by atoms with E-state index >= 15 is 0 Å². The number of nitrogens with one attached hydrogen (secondary N) is 1. The predicted octanol–water partition coefficient (Wildman–Crippen LogP) is 3.57. The molecule has 0 bridgehead atoms.